The Balaban J connectivity index is 3.10. The molecule has 3 heteroatoms. The Labute approximate surface area is 102 Å². The van der Waals surface area contributed by atoms with Crippen LogP contribution in [-0.2, 0) is 4.79 Å². The molecule has 0 aliphatic heterocycles. The molecule has 0 spiro atoms. The van der Waals surface area contributed by atoms with Crippen LogP contribution in [0.25, 0.3) is 6.08 Å². The lowest BCUT2D eigenvalue weighted by Gasteiger charge is -2.13. The van der Waals surface area contributed by atoms with Gasteiger partial charge in [-0.1, -0.05) is 12.2 Å². The lowest BCUT2D eigenvalue weighted by Crippen LogP contribution is -1.96. The molecule has 0 fully saturated rings. The van der Waals surface area contributed by atoms with Gasteiger partial charge >= 0.3 is 5.97 Å². The molecule has 0 radical (unpaired) electrons. The molecule has 0 aromatic heterocycles. The number of aryl methyl sites for hydroxylation is 1. The second kappa shape index (κ2) is 5.53. The molecule has 0 heterocycles. The van der Waals surface area contributed by atoms with E-state index >= 15 is 0 Å². The van der Waals surface area contributed by atoms with E-state index in [0.717, 1.165) is 28.0 Å². The van der Waals surface area contributed by atoms with Gasteiger partial charge in [-0.05, 0) is 49.1 Å². The van der Waals surface area contributed by atoms with Crippen LogP contribution < -0.4 is 4.74 Å². The zero-order valence-corrected chi connectivity index (χ0v) is 10.7. The number of benzene rings is 1. The molecule has 0 atom stereocenters. The second-order valence-electron chi connectivity index (χ2n) is 4.07. The lowest BCUT2D eigenvalue weighted by molar-refractivity contribution is -0.135. The van der Waals surface area contributed by atoms with Crippen LogP contribution in [-0.4, -0.2) is 18.2 Å². The highest BCUT2D eigenvalue weighted by Gasteiger charge is 2.08. The minimum absolute atomic E-state index is 0.0452. The van der Waals surface area contributed by atoms with Crippen molar-refractivity contribution in [3.63, 3.8) is 0 Å². The van der Waals surface area contributed by atoms with Crippen LogP contribution in [0.5, 0.6) is 5.75 Å². The molecule has 0 saturated heterocycles. The summed E-state index contributed by atoms with van der Waals surface area (Å²) in [4.78, 5) is 10.4. The summed E-state index contributed by atoms with van der Waals surface area (Å²) < 4.78 is 5.34. The van der Waals surface area contributed by atoms with Crippen molar-refractivity contribution < 1.29 is 14.6 Å². The summed E-state index contributed by atoms with van der Waals surface area (Å²) in [7, 11) is 1.66. The van der Waals surface area contributed by atoms with E-state index in [1.165, 1.54) is 0 Å². The van der Waals surface area contributed by atoms with Gasteiger partial charge < -0.3 is 9.84 Å². The number of methoxy groups -OCH3 is 1. The van der Waals surface area contributed by atoms with Crippen LogP contribution in [0.15, 0.2) is 12.1 Å². The van der Waals surface area contributed by atoms with Gasteiger partial charge in [-0.2, -0.15) is 0 Å². The molecule has 17 heavy (non-hydrogen) atoms. The van der Waals surface area contributed by atoms with Crippen LogP contribution >= 0.6 is 0 Å². The molecule has 1 aromatic rings. The number of rotatable bonds is 4. The highest BCUT2D eigenvalue weighted by molar-refractivity contribution is 5.71. The first-order valence-electron chi connectivity index (χ1n) is 5.50. The van der Waals surface area contributed by atoms with Gasteiger partial charge in [0.2, 0.25) is 0 Å². The summed E-state index contributed by atoms with van der Waals surface area (Å²) >= 11 is 0. The average molecular weight is 234 g/mol. The summed E-state index contributed by atoms with van der Waals surface area (Å²) in [5.74, 6) is 0.0822. The Morgan fingerprint density at radius 2 is 2.00 bits per heavy atom. The maximum absolute atomic E-state index is 10.4. The molecular weight excluding hydrogens is 216 g/mol. The molecule has 3 nitrogen and oxygen atoms in total. The van der Waals surface area contributed by atoms with E-state index < -0.39 is 5.97 Å². The van der Waals surface area contributed by atoms with Crippen LogP contribution in [0.2, 0.25) is 0 Å². The third-order valence-electron chi connectivity index (χ3n) is 2.86. The first-order valence-corrected chi connectivity index (χ1v) is 5.50. The van der Waals surface area contributed by atoms with E-state index in [0.29, 0.717) is 0 Å². The molecule has 92 valence electrons. The molecule has 0 bridgehead atoms. The predicted molar refractivity (Wildman–Crippen MR) is 68.5 cm³/mol. The van der Waals surface area contributed by atoms with Gasteiger partial charge in [0.15, 0.2) is 0 Å². The smallest absolute Gasteiger partial charge is 0.307 e. The highest BCUT2D eigenvalue weighted by Crippen LogP contribution is 2.29. The van der Waals surface area contributed by atoms with Crippen molar-refractivity contribution in [3.8, 4) is 5.75 Å². The Morgan fingerprint density at radius 3 is 2.53 bits per heavy atom. The highest BCUT2D eigenvalue weighted by atomic mass is 16.5. The van der Waals surface area contributed by atoms with Gasteiger partial charge in [-0.25, -0.2) is 0 Å². The first-order chi connectivity index (χ1) is 7.97. The van der Waals surface area contributed by atoms with Crippen LogP contribution in [0.1, 0.15) is 28.7 Å². The van der Waals surface area contributed by atoms with Crippen LogP contribution in [0.3, 0.4) is 0 Å². The Hall–Kier alpha value is -1.77. The van der Waals surface area contributed by atoms with E-state index in [2.05, 4.69) is 0 Å². The predicted octanol–water partition coefficient (Wildman–Crippen LogP) is 3.11. The van der Waals surface area contributed by atoms with E-state index in [1.54, 1.807) is 13.2 Å². The molecule has 1 rings (SSSR count). The Morgan fingerprint density at radius 1 is 1.35 bits per heavy atom. The standard InChI is InChI=1S/C14H18O3/c1-9-8-12(6-5-7-13(15)16)10(2)11(3)14(9)17-4/h5-6,8H,7H2,1-4H3,(H,15,16)/b6-5+. The topological polar surface area (TPSA) is 46.5 Å². The van der Waals surface area contributed by atoms with Gasteiger partial charge in [-0.15, -0.1) is 0 Å². The fourth-order valence-electron chi connectivity index (χ4n) is 1.86. The van der Waals surface area contributed by atoms with Gasteiger partial charge in [0, 0.05) is 0 Å². The molecule has 0 amide bonds. The van der Waals surface area contributed by atoms with Crippen molar-refractivity contribution >= 4 is 12.0 Å². The summed E-state index contributed by atoms with van der Waals surface area (Å²) in [6.45, 7) is 6.01. The molecular formula is C14H18O3. The maximum Gasteiger partial charge on any atom is 0.307 e. The number of carbonyl (C=O) groups is 1. The SMILES string of the molecule is COc1c(C)cc(/C=C/CC(=O)O)c(C)c1C. The van der Waals surface area contributed by atoms with Crippen molar-refractivity contribution in [2.75, 3.05) is 7.11 Å². The number of carboxylic acids is 1. The third kappa shape index (κ3) is 3.09. The number of carboxylic acid groups (broad SMARTS) is 1. The Kier molecular flexibility index (Phi) is 4.32. The number of hydrogen-bond donors (Lipinski definition) is 1. The van der Waals surface area contributed by atoms with Crippen molar-refractivity contribution in [1.29, 1.82) is 0 Å². The van der Waals surface area contributed by atoms with Gasteiger partial charge in [-0.3, -0.25) is 4.79 Å². The summed E-state index contributed by atoms with van der Waals surface area (Å²) in [6.07, 6.45) is 3.56. The van der Waals surface area contributed by atoms with E-state index in [-0.39, 0.29) is 6.42 Å². The monoisotopic (exact) mass is 234 g/mol. The summed E-state index contributed by atoms with van der Waals surface area (Å²) in [5, 5.41) is 8.58. The normalized spacial score (nSPS) is 10.8. The van der Waals surface area contributed by atoms with E-state index in [4.69, 9.17) is 9.84 Å². The van der Waals surface area contributed by atoms with Crippen LogP contribution in [0.4, 0.5) is 0 Å². The third-order valence-corrected chi connectivity index (χ3v) is 2.86. The largest absolute Gasteiger partial charge is 0.496 e. The molecule has 0 aliphatic carbocycles. The summed E-state index contributed by atoms with van der Waals surface area (Å²) in [6, 6.07) is 2.01. The van der Waals surface area contributed by atoms with Crippen molar-refractivity contribution in [2.24, 2.45) is 0 Å². The lowest BCUT2D eigenvalue weighted by atomic mass is 9.98. The zero-order valence-electron chi connectivity index (χ0n) is 10.7. The second-order valence-corrected chi connectivity index (χ2v) is 4.07. The number of aliphatic carboxylic acids is 1. The van der Waals surface area contributed by atoms with Gasteiger partial charge in [0.05, 0.1) is 13.5 Å². The minimum atomic E-state index is -0.819. The molecule has 0 unspecified atom stereocenters. The average Bonchev–Trinajstić information content (AvgIpc) is 2.25. The quantitative estimate of drug-likeness (QED) is 0.870. The fraction of sp³-hybridized carbons (Fsp3) is 0.357. The van der Waals surface area contributed by atoms with Crippen LogP contribution in [0, 0.1) is 20.8 Å². The van der Waals surface area contributed by atoms with Crippen molar-refractivity contribution in [2.45, 2.75) is 27.2 Å². The number of hydrogen-bond acceptors (Lipinski definition) is 2. The molecule has 1 aromatic carbocycles. The molecule has 0 aliphatic rings. The number of ether oxygens (including phenoxy) is 1. The fourth-order valence-corrected chi connectivity index (χ4v) is 1.86. The first kappa shape index (κ1) is 13.3. The zero-order chi connectivity index (χ0) is 13.0. The van der Waals surface area contributed by atoms with Gasteiger partial charge in [0.1, 0.15) is 5.75 Å². The maximum atomic E-state index is 10.4. The molecule has 0 saturated carbocycles. The van der Waals surface area contributed by atoms with E-state index in [9.17, 15) is 4.79 Å². The molecule has 1 N–H and O–H groups in total. The minimum Gasteiger partial charge on any atom is -0.496 e. The summed E-state index contributed by atoms with van der Waals surface area (Å²) in [5.41, 5.74) is 4.32. The van der Waals surface area contributed by atoms with Crippen molar-refractivity contribution in [3.05, 3.63) is 34.4 Å². The van der Waals surface area contributed by atoms with Gasteiger partial charge in [0.25, 0.3) is 0 Å². The Bertz CT molecular complexity index is 459. The van der Waals surface area contributed by atoms with E-state index in [1.807, 2.05) is 32.9 Å². The van der Waals surface area contributed by atoms with Crippen molar-refractivity contribution in [1.82, 2.24) is 0 Å².